The molecule has 2 aromatic rings. The third-order valence-electron chi connectivity index (χ3n) is 3.53. The van der Waals surface area contributed by atoms with Crippen molar-refractivity contribution in [3.63, 3.8) is 0 Å². The van der Waals surface area contributed by atoms with Crippen LogP contribution < -0.4 is 5.73 Å². The van der Waals surface area contributed by atoms with Gasteiger partial charge in [0.1, 0.15) is 18.5 Å². The second-order valence-corrected chi connectivity index (χ2v) is 4.68. The van der Waals surface area contributed by atoms with E-state index in [1.165, 1.54) is 17.0 Å². The van der Waals surface area contributed by atoms with Crippen LogP contribution in [0, 0.1) is 12.3 Å². The predicted molar refractivity (Wildman–Crippen MR) is 68.6 cm³/mol. The van der Waals surface area contributed by atoms with Crippen LogP contribution in [0.1, 0.15) is 11.8 Å². The summed E-state index contributed by atoms with van der Waals surface area (Å²) in [5.41, 5.74) is 4.30. The first-order valence-electron chi connectivity index (χ1n) is 6.07. The van der Waals surface area contributed by atoms with Gasteiger partial charge in [0.15, 0.2) is 23.2 Å². The first-order valence-corrected chi connectivity index (χ1v) is 6.07. The number of nitrogen functional groups attached to an aromatic ring is 1. The summed E-state index contributed by atoms with van der Waals surface area (Å²) in [5.74, 6) is 2.23. The maximum Gasteiger partial charge on any atom is 0.196 e. The number of aliphatic hydroxyl groups is 2. The minimum Gasteiger partial charge on any atom is -0.392 e. The number of terminal acetylenes is 1. The minimum atomic E-state index is -1.84. The molecule has 0 bridgehead atoms. The SMILES string of the molecule is C#C[C@]1(CO)O[C@@H](c2cnc3c(N)ncnn23)[C@H](F)[C@@H]1O. The largest absolute Gasteiger partial charge is 0.392 e. The number of alkyl halides is 1. The predicted octanol–water partition coefficient (Wildman–Crippen LogP) is -1.16. The van der Waals surface area contributed by atoms with Crippen LogP contribution in [-0.4, -0.2) is 54.3 Å². The summed E-state index contributed by atoms with van der Waals surface area (Å²) in [6, 6.07) is 0. The second kappa shape index (κ2) is 4.63. The molecular weight excluding hydrogens is 281 g/mol. The number of hydrogen-bond donors (Lipinski definition) is 3. The van der Waals surface area contributed by atoms with E-state index in [0.717, 1.165) is 0 Å². The Labute approximate surface area is 118 Å². The lowest BCUT2D eigenvalue weighted by Crippen LogP contribution is -2.44. The molecule has 1 aliphatic heterocycles. The molecule has 0 aliphatic carbocycles. The molecule has 0 aromatic carbocycles. The van der Waals surface area contributed by atoms with Crippen molar-refractivity contribution in [2.75, 3.05) is 12.3 Å². The molecule has 0 unspecified atom stereocenters. The molecule has 1 saturated heterocycles. The zero-order valence-electron chi connectivity index (χ0n) is 10.7. The van der Waals surface area contributed by atoms with Gasteiger partial charge in [0.05, 0.1) is 18.5 Å². The van der Waals surface area contributed by atoms with Crippen molar-refractivity contribution in [2.45, 2.75) is 24.0 Å². The normalized spacial score (nSPS) is 32.4. The minimum absolute atomic E-state index is 0.121. The third kappa shape index (κ3) is 1.77. The van der Waals surface area contributed by atoms with Gasteiger partial charge in [0, 0.05) is 0 Å². The van der Waals surface area contributed by atoms with E-state index in [1.54, 1.807) is 0 Å². The number of fused-ring (bicyclic) bond motifs is 1. The average molecular weight is 293 g/mol. The Hall–Kier alpha value is -2.28. The fourth-order valence-electron chi connectivity index (χ4n) is 2.35. The molecule has 3 heterocycles. The molecule has 8 nitrogen and oxygen atoms in total. The summed E-state index contributed by atoms with van der Waals surface area (Å²) in [7, 11) is 0. The van der Waals surface area contributed by atoms with Crippen molar-refractivity contribution < 1.29 is 19.3 Å². The van der Waals surface area contributed by atoms with Crippen LogP contribution in [0.15, 0.2) is 12.5 Å². The molecule has 0 spiro atoms. The van der Waals surface area contributed by atoms with Gasteiger partial charge < -0.3 is 20.7 Å². The summed E-state index contributed by atoms with van der Waals surface area (Å²) in [5, 5.41) is 23.2. The Morgan fingerprint density at radius 2 is 2.33 bits per heavy atom. The van der Waals surface area contributed by atoms with Gasteiger partial charge in [-0.2, -0.15) is 5.10 Å². The Morgan fingerprint density at radius 3 is 2.95 bits per heavy atom. The summed E-state index contributed by atoms with van der Waals surface area (Å²) < 4.78 is 21.0. The quantitative estimate of drug-likeness (QED) is 0.598. The lowest BCUT2D eigenvalue weighted by atomic mass is 9.96. The molecule has 1 aliphatic rings. The number of hydrogen-bond acceptors (Lipinski definition) is 7. The summed E-state index contributed by atoms with van der Waals surface area (Å²) in [4.78, 5) is 7.76. The van der Waals surface area contributed by atoms with Gasteiger partial charge in [-0.1, -0.05) is 5.92 Å². The number of ether oxygens (including phenoxy) is 1. The van der Waals surface area contributed by atoms with Crippen molar-refractivity contribution in [3.8, 4) is 12.3 Å². The number of rotatable bonds is 2. The van der Waals surface area contributed by atoms with Gasteiger partial charge in [-0.15, -0.1) is 6.42 Å². The van der Waals surface area contributed by atoms with Crippen molar-refractivity contribution in [1.29, 1.82) is 0 Å². The topological polar surface area (TPSA) is 119 Å². The molecule has 110 valence electrons. The molecule has 2 aromatic heterocycles. The number of aliphatic hydroxyl groups excluding tert-OH is 2. The summed E-state index contributed by atoms with van der Waals surface area (Å²) in [6.45, 7) is -0.713. The number of nitrogens with zero attached hydrogens (tertiary/aromatic N) is 4. The molecule has 21 heavy (non-hydrogen) atoms. The maximum absolute atomic E-state index is 14.3. The van der Waals surface area contributed by atoms with E-state index in [2.05, 4.69) is 21.0 Å². The standard InChI is InChI=1S/C12H12FN5O3/c1-2-12(4-19)9(20)7(13)8(21-12)6-3-15-11-10(14)16-5-17-18(6)11/h1,3,5,7-9,19-20H,4H2,(H2,14,16,17)/t7-,8-,9-,12+/m0/s1. The van der Waals surface area contributed by atoms with E-state index in [1.807, 2.05) is 0 Å². The van der Waals surface area contributed by atoms with Gasteiger partial charge in [0.25, 0.3) is 0 Å². The Bertz CT molecular complexity index is 729. The van der Waals surface area contributed by atoms with Gasteiger partial charge >= 0.3 is 0 Å². The van der Waals surface area contributed by atoms with Gasteiger partial charge in [-0.05, 0) is 0 Å². The molecule has 0 amide bonds. The van der Waals surface area contributed by atoms with Crippen LogP contribution in [-0.2, 0) is 4.74 Å². The van der Waals surface area contributed by atoms with Crippen LogP contribution >= 0.6 is 0 Å². The second-order valence-electron chi connectivity index (χ2n) is 4.68. The average Bonchev–Trinajstić information content (AvgIpc) is 3.02. The number of halogens is 1. The monoisotopic (exact) mass is 293 g/mol. The lowest BCUT2D eigenvalue weighted by molar-refractivity contribution is -0.0732. The maximum atomic E-state index is 14.3. The third-order valence-corrected chi connectivity index (χ3v) is 3.53. The number of anilines is 1. The molecule has 4 N–H and O–H groups in total. The van der Waals surface area contributed by atoms with Crippen molar-refractivity contribution in [2.24, 2.45) is 0 Å². The van der Waals surface area contributed by atoms with E-state index < -0.39 is 30.6 Å². The molecule has 9 heteroatoms. The van der Waals surface area contributed by atoms with Crippen molar-refractivity contribution in [3.05, 3.63) is 18.2 Å². The Kier molecular flexibility index (Phi) is 3.02. The van der Waals surface area contributed by atoms with E-state index in [9.17, 15) is 14.6 Å². The molecule has 4 atom stereocenters. The molecule has 1 fully saturated rings. The Morgan fingerprint density at radius 1 is 1.57 bits per heavy atom. The van der Waals surface area contributed by atoms with Gasteiger partial charge in [-0.25, -0.2) is 18.9 Å². The van der Waals surface area contributed by atoms with E-state index in [4.69, 9.17) is 16.9 Å². The molecule has 0 saturated carbocycles. The van der Waals surface area contributed by atoms with Gasteiger partial charge in [0.2, 0.25) is 0 Å². The lowest BCUT2D eigenvalue weighted by Gasteiger charge is -2.23. The fourth-order valence-corrected chi connectivity index (χ4v) is 2.35. The summed E-state index contributed by atoms with van der Waals surface area (Å²) in [6.07, 6.45) is 3.02. The number of aromatic nitrogens is 4. The first kappa shape index (κ1) is 13.7. The molecule has 0 radical (unpaired) electrons. The highest BCUT2D eigenvalue weighted by Gasteiger charge is 2.55. The van der Waals surface area contributed by atoms with E-state index in [0.29, 0.717) is 0 Å². The van der Waals surface area contributed by atoms with E-state index >= 15 is 0 Å². The highest BCUT2D eigenvalue weighted by molar-refractivity contribution is 5.58. The van der Waals surface area contributed by atoms with Crippen LogP contribution in [0.4, 0.5) is 10.2 Å². The highest BCUT2D eigenvalue weighted by atomic mass is 19.1. The number of nitrogens with two attached hydrogens (primary N) is 1. The van der Waals surface area contributed by atoms with Gasteiger partial charge in [-0.3, -0.25) is 0 Å². The van der Waals surface area contributed by atoms with Crippen LogP contribution in [0.3, 0.4) is 0 Å². The smallest absolute Gasteiger partial charge is 0.196 e. The van der Waals surface area contributed by atoms with Crippen LogP contribution in [0.5, 0.6) is 0 Å². The van der Waals surface area contributed by atoms with Crippen LogP contribution in [0.2, 0.25) is 0 Å². The fraction of sp³-hybridized carbons (Fsp3) is 0.417. The van der Waals surface area contributed by atoms with Crippen LogP contribution in [0.25, 0.3) is 5.65 Å². The summed E-state index contributed by atoms with van der Waals surface area (Å²) >= 11 is 0. The number of imidazole rings is 1. The molecular formula is C12H12FN5O3. The Balaban J connectivity index is 2.08. The highest BCUT2D eigenvalue weighted by Crippen LogP contribution is 2.41. The van der Waals surface area contributed by atoms with Crippen molar-refractivity contribution >= 4 is 11.5 Å². The first-order chi connectivity index (χ1) is 10.0. The zero-order chi connectivity index (χ0) is 15.2. The molecule has 3 rings (SSSR count). The zero-order valence-corrected chi connectivity index (χ0v) is 10.7. The van der Waals surface area contributed by atoms with E-state index in [-0.39, 0.29) is 17.2 Å². The van der Waals surface area contributed by atoms with Crippen molar-refractivity contribution in [1.82, 2.24) is 19.6 Å².